The van der Waals surface area contributed by atoms with Crippen LogP contribution in [0.25, 0.3) is 0 Å². The van der Waals surface area contributed by atoms with Gasteiger partial charge in [0.15, 0.2) is 0 Å². The van der Waals surface area contributed by atoms with Crippen molar-refractivity contribution < 1.29 is 4.74 Å². The number of nitrogens with zero attached hydrogens (tertiary/aromatic N) is 1. The predicted octanol–water partition coefficient (Wildman–Crippen LogP) is 5.23. The van der Waals surface area contributed by atoms with Gasteiger partial charge in [-0.15, -0.1) is 11.6 Å². The fourth-order valence-electron chi connectivity index (χ4n) is 1.50. The molecule has 0 fully saturated rings. The molecule has 1 aromatic heterocycles. The monoisotopic (exact) mass is 301 g/mol. The topological polar surface area (TPSA) is 22.1 Å². The molecule has 0 aliphatic heterocycles. The molecule has 94 valence electrons. The van der Waals surface area contributed by atoms with E-state index in [2.05, 4.69) is 4.98 Å². The zero-order valence-electron chi connectivity index (χ0n) is 9.58. The maximum absolute atomic E-state index is 5.90. The molecule has 1 aromatic carbocycles. The van der Waals surface area contributed by atoms with Crippen molar-refractivity contribution >= 4 is 34.8 Å². The van der Waals surface area contributed by atoms with Crippen molar-refractivity contribution in [2.45, 2.75) is 12.8 Å². The van der Waals surface area contributed by atoms with E-state index >= 15 is 0 Å². The standard InChI is InChI=1S/C13H10Cl3NO/c1-8-2-9(6-14)7-17-13(8)18-12-4-10(15)3-11(16)5-12/h2-5,7H,6H2,1H3. The van der Waals surface area contributed by atoms with Crippen molar-refractivity contribution in [3.8, 4) is 11.6 Å². The van der Waals surface area contributed by atoms with E-state index in [1.54, 1.807) is 24.4 Å². The number of pyridine rings is 1. The Morgan fingerprint density at radius 2 is 1.78 bits per heavy atom. The van der Waals surface area contributed by atoms with Gasteiger partial charge in [0.2, 0.25) is 5.88 Å². The number of hydrogen-bond donors (Lipinski definition) is 0. The zero-order chi connectivity index (χ0) is 13.1. The van der Waals surface area contributed by atoms with Gasteiger partial charge in [0.1, 0.15) is 5.75 Å². The molecule has 2 aromatic rings. The van der Waals surface area contributed by atoms with Crippen molar-refractivity contribution in [2.75, 3.05) is 0 Å². The molecular weight excluding hydrogens is 293 g/mol. The van der Waals surface area contributed by atoms with Crippen molar-refractivity contribution in [3.05, 3.63) is 51.6 Å². The Morgan fingerprint density at radius 1 is 1.11 bits per heavy atom. The molecule has 0 saturated carbocycles. The lowest BCUT2D eigenvalue weighted by molar-refractivity contribution is 0.458. The van der Waals surface area contributed by atoms with Crippen LogP contribution in [-0.2, 0) is 5.88 Å². The van der Waals surface area contributed by atoms with Gasteiger partial charge in [-0.2, -0.15) is 0 Å². The molecule has 0 N–H and O–H groups in total. The quantitative estimate of drug-likeness (QED) is 0.724. The number of alkyl halides is 1. The van der Waals surface area contributed by atoms with Gasteiger partial charge < -0.3 is 4.74 Å². The van der Waals surface area contributed by atoms with Crippen molar-refractivity contribution in [3.63, 3.8) is 0 Å². The normalized spacial score (nSPS) is 10.4. The predicted molar refractivity (Wildman–Crippen MR) is 75.1 cm³/mol. The summed E-state index contributed by atoms with van der Waals surface area (Å²) in [6, 6.07) is 6.95. The van der Waals surface area contributed by atoms with Gasteiger partial charge in [0.05, 0.1) is 0 Å². The minimum Gasteiger partial charge on any atom is -0.439 e. The number of benzene rings is 1. The molecule has 0 spiro atoms. The molecule has 0 aliphatic rings. The number of halogens is 3. The summed E-state index contributed by atoms with van der Waals surface area (Å²) in [5.41, 5.74) is 1.86. The smallest absolute Gasteiger partial charge is 0.222 e. The highest BCUT2D eigenvalue weighted by atomic mass is 35.5. The molecule has 0 saturated heterocycles. The Bertz CT molecular complexity index is 552. The third kappa shape index (κ3) is 3.29. The van der Waals surface area contributed by atoms with Crippen LogP contribution < -0.4 is 4.74 Å². The third-order valence-electron chi connectivity index (χ3n) is 2.29. The van der Waals surface area contributed by atoms with E-state index in [1.165, 1.54) is 0 Å². The zero-order valence-corrected chi connectivity index (χ0v) is 11.9. The van der Waals surface area contributed by atoms with E-state index in [-0.39, 0.29) is 0 Å². The van der Waals surface area contributed by atoms with E-state index in [1.807, 2.05) is 13.0 Å². The summed E-state index contributed by atoms with van der Waals surface area (Å²) in [4.78, 5) is 4.21. The van der Waals surface area contributed by atoms with Crippen LogP contribution in [0.15, 0.2) is 30.5 Å². The molecule has 1 heterocycles. The summed E-state index contributed by atoms with van der Waals surface area (Å²) in [6.45, 7) is 1.91. The van der Waals surface area contributed by atoms with E-state index in [0.29, 0.717) is 27.6 Å². The highest BCUT2D eigenvalue weighted by molar-refractivity contribution is 6.34. The lowest BCUT2D eigenvalue weighted by Crippen LogP contribution is -1.93. The van der Waals surface area contributed by atoms with Crippen molar-refractivity contribution in [1.82, 2.24) is 4.98 Å². The van der Waals surface area contributed by atoms with E-state index in [9.17, 15) is 0 Å². The molecule has 2 nitrogen and oxygen atoms in total. The summed E-state index contributed by atoms with van der Waals surface area (Å²) < 4.78 is 5.65. The van der Waals surface area contributed by atoms with Crippen LogP contribution in [0.4, 0.5) is 0 Å². The van der Waals surface area contributed by atoms with Gasteiger partial charge in [-0.05, 0) is 36.8 Å². The Hall–Kier alpha value is -0.960. The first-order valence-electron chi connectivity index (χ1n) is 5.24. The molecule has 18 heavy (non-hydrogen) atoms. The lowest BCUT2D eigenvalue weighted by atomic mass is 10.2. The largest absolute Gasteiger partial charge is 0.439 e. The second-order valence-electron chi connectivity index (χ2n) is 3.81. The molecule has 0 aliphatic carbocycles. The summed E-state index contributed by atoms with van der Waals surface area (Å²) >= 11 is 17.5. The molecule has 0 radical (unpaired) electrons. The second kappa shape index (κ2) is 5.79. The number of rotatable bonds is 3. The molecule has 0 amide bonds. The Kier molecular flexibility index (Phi) is 4.33. The SMILES string of the molecule is Cc1cc(CCl)cnc1Oc1cc(Cl)cc(Cl)c1. The highest BCUT2D eigenvalue weighted by Gasteiger charge is 2.06. The molecule has 0 atom stereocenters. The number of ether oxygens (including phenoxy) is 1. The van der Waals surface area contributed by atoms with Crippen molar-refractivity contribution in [1.29, 1.82) is 0 Å². The molecule has 5 heteroatoms. The first kappa shape index (κ1) is 13.5. The minimum atomic E-state index is 0.428. The van der Waals surface area contributed by atoms with Gasteiger partial charge in [0, 0.05) is 27.7 Å². The average molecular weight is 303 g/mol. The number of hydrogen-bond acceptors (Lipinski definition) is 2. The van der Waals surface area contributed by atoms with Crippen LogP contribution in [0, 0.1) is 6.92 Å². The van der Waals surface area contributed by atoms with E-state index in [4.69, 9.17) is 39.5 Å². The molecule has 0 unspecified atom stereocenters. The second-order valence-corrected chi connectivity index (χ2v) is 4.95. The minimum absolute atomic E-state index is 0.428. The van der Waals surface area contributed by atoms with E-state index < -0.39 is 0 Å². The summed E-state index contributed by atoms with van der Waals surface area (Å²) in [5.74, 6) is 1.50. The fourth-order valence-corrected chi connectivity index (χ4v) is 2.15. The Balaban J connectivity index is 2.28. The van der Waals surface area contributed by atoms with Gasteiger partial charge in [-0.25, -0.2) is 4.98 Å². The fraction of sp³-hybridized carbons (Fsp3) is 0.154. The van der Waals surface area contributed by atoms with Crippen LogP contribution in [0.1, 0.15) is 11.1 Å². The van der Waals surface area contributed by atoms with Crippen molar-refractivity contribution in [2.24, 2.45) is 0 Å². The lowest BCUT2D eigenvalue weighted by Gasteiger charge is -2.09. The van der Waals surface area contributed by atoms with Gasteiger partial charge >= 0.3 is 0 Å². The average Bonchev–Trinajstić information content (AvgIpc) is 2.30. The van der Waals surface area contributed by atoms with Crippen LogP contribution in [-0.4, -0.2) is 4.98 Å². The Morgan fingerprint density at radius 3 is 2.33 bits per heavy atom. The van der Waals surface area contributed by atoms with Gasteiger partial charge in [-0.3, -0.25) is 0 Å². The third-order valence-corrected chi connectivity index (χ3v) is 3.04. The maximum Gasteiger partial charge on any atom is 0.222 e. The van der Waals surface area contributed by atoms with Crippen LogP contribution >= 0.6 is 34.8 Å². The summed E-state index contributed by atoms with van der Waals surface area (Å²) in [7, 11) is 0. The highest BCUT2D eigenvalue weighted by Crippen LogP contribution is 2.29. The van der Waals surface area contributed by atoms with E-state index in [0.717, 1.165) is 11.1 Å². The van der Waals surface area contributed by atoms with Crippen LogP contribution in [0.5, 0.6) is 11.6 Å². The summed E-state index contributed by atoms with van der Waals surface area (Å²) in [5, 5.41) is 1.04. The van der Waals surface area contributed by atoms with Gasteiger partial charge in [0.25, 0.3) is 0 Å². The van der Waals surface area contributed by atoms with Crippen LogP contribution in [0.3, 0.4) is 0 Å². The first-order valence-corrected chi connectivity index (χ1v) is 6.53. The van der Waals surface area contributed by atoms with Gasteiger partial charge in [-0.1, -0.05) is 23.2 Å². The molecule has 2 rings (SSSR count). The number of aryl methyl sites for hydroxylation is 1. The Labute approximate surface area is 120 Å². The summed E-state index contributed by atoms with van der Waals surface area (Å²) in [6.07, 6.45) is 1.68. The molecular formula is C13H10Cl3NO. The number of aromatic nitrogens is 1. The maximum atomic E-state index is 5.90. The first-order chi connectivity index (χ1) is 8.58. The molecule has 0 bridgehead atoms. The van der Waals surface area contributed by atoms with Crippen LogP contribution in [0.2, 0.25) is 10.0 Å².